The van der Waals surface area contributed by atoms with E-state index in [-0.39, 0.29) is 31.0 Å². The first kappa shape index (κ1) is 17.6. The summed E-state index contributed by atoms with van der Waals surface area (Å²) in [5.74, 6) is -1.54. The molecule has 4 nitrogen and oxygen atoms in total. The van der Waals surface area contributed by atoms with E-state index in [2.05, 4.69) is 6.58 Å². The van der Waals surface area contributed by atoms with E-state index in [1.54, 1.807) is 20.8 Å². The Labute approximate surface area is 145 Å². The van der Waals surface area contributed by atoms with Crippen LogP contribution in [0.3, 0.4) is 0 Å². The van der Waals surface area contributed by atoms with Crippen LogP contribution in [-0.4, -0.2) is 41.6 Å². The lowest BCUT2D eigenvalue weighted by molar-refractivity contribution is -0.155. The summed E-state index contributed by atoms with van der Waals surface area (Å²) in [4.78, 5) is 26.1. The van der Waals surface area contributed by atoms with Crippen molar-refractivity contribution in [2.75, 3.05) is 13.1 Å². The highest BCUT2D eigenvalue weighted by Gasteiger charge is 2.61. The van der Waals surface area contributed by atoms with Gasteiger partial charge in [0, 0.05) is 23.1 Å². The number of hydrogen-bond acceptors (Lipinski definition) is 3. The highest BCUT2D eigenvalue weighted by molar-refractivity contribution is 5.99. The molecular weight excluding hydrogens is 328 g/mol. The van der Waals surface area contributed by atoms with Crippen molar-refractivity contribution < 1.29 is 23.1 Å². The SMILES string of the molecule is C=C(F)c1ccc2c(c1)[C@]1(C[C@@H]1F)CN(CC(=O)OC(C)(C)C)C2=O. The molecule has 2 aliphatic rings. The van der Waals surface area contributed by atoms with Gasteiger partial charge in [-0.05, 0) is 44.9 Å². The van der Waals surface area contributed by atoms with Crippen LogP contribution in [0.25, 0.3) is 5.83 Å². The van der Waals surface area contributed by atoms with E-state index in [1.807, 2.05) is 0 Å². The molecule has 0 saturated heterocycles. The lowest BCUT2D eigenvalue weighted by Gasteiger charge is -2.34. The van der Waals surface area contributed by atoms with Crippen LogP contribution in [0.2, 0.25) is 0 Å². The second-order valence-electron chi connectivity index (χ2n) is 7.74. The maximum absolute atomic E-state index is 14.2. The standard InChI is InChI=1S/C19H21F2NO3/c1-11(20)12-5-6-13-14(7-12)19(8-15(19)21)10-22(17(13)24)9-16(23)25-18(2,3)4/h5-7,15H,1,8-10H2,2-4H3/t15-,19-/m0/s1. The van der Waals surface area contributed by atoms with Crippen LogP contribution in [0.1, 0.15) is 48.7 Å². The van der Waals surface area contributed by atoms with Crippen LogP contribution in [0.4, 0.5) is 8.78 Å². The van der Waals surface area contributed by atoms with E-state index in [4.69, 9.17) is 4.74 Å². The Morgan fingerprint density at radius 1 is 1.44 bits per heavy atom. The Hall–Kier alpha value is -2.24. The van der Waals surface area contributed by atoms with Crippen molar-refractivity contribution in [1.82, 2.24) is 4.90 Å². The molecule has 1 fully saturated rings. The van der Waals surface area contributed by atoms with Gasteiger partial charge in [0.05, 0.1) is 0 Å². The predicted molar refractivity (Wildman–Crippen MR) is 89.5 cm³/mol. The highest BCUT2D eigenvalue weighted by atomic mass is 19.1. The van der Waals surface area contributed by atoms with E-state index >= 15 is 0 Å². The number of ether oxygens (including phenoxy) is 1. The summed E-state index contributed by atoms with van der Waals surface area (Å²) in [7, 11) is 0. The number of rotatable bonds is 3. The summed E-state index contributed by atoms with van der Waals surface area (Å²) >= 11 is 0. The molecule has 1 saturated carbocycles. The van der Waals surface area contributed by atoms with Gasteiger partial charge < -0.3 is 9.64 Å². The first-order chi connectivity index (χ1) is 11.5. The molecule has 0 N–H and O–H groups in total. The van der Waals surface area contributed by atoms with Crippen LogP contribution in [0.5, 0.6) is 0 Å². The van der Waals surface area contributed by atoms with E-state index in [0.29, 0.717) is 11.1 Å². The number of benzene rings is 1. The third kappa shape index (κ3) is 3.17. The molecule has 0 radical (unpaired) electrons. The number of esters is 1. The van der Waals surface area contributed by atoms with Crippen LogP contribution in [0, 0.1) is 0 Å². The third-order valence-corrected chi connectivity index (χ3v) is 4.58. The van der Waals surface area contributed by atoms with Crippen LogP contribution in [0.15, 0.2) is 24.8 Å². The van der Waals surface area contributed by atoms with Gasteiger partial charge in [-0.25, -0.2) is 8.78 Å². The van der Waals surface area contributed by atoms with Gasteiger partial charge in [0.1, 0.15) is 24.1 Å². The maximum atomic E-state index is 14.2. The Kier molecular flexibility index (Phi) is 3.97. The normalized spacial score (nSPS) is 24.9. The molecule has 25 heavy (non-hydrogen) atoms. The quantitative estimate of drug-likeness (QED) is 0.786. The molecule has 1 amide bonds. The molecule has 6 heteroatoms. The summed E-state index contributed by atoms with van der Waals surface area (Å²) in [5, 5.41) is 0. The molecule has 134 valence electrons. The molecular formula is C19H21F2NO3. The molecule has 1 aliphatic carbocycles. The zero-order valence-corrected chi connectivity index (χ0v) is 14.6. The molecule has 3 rings (SSSR count). The molecule has 1 aromatic rings. The topological polar surface area (TPSA) is 46.6 Å². The second-order valence-corrected chi connectivity index (χ2v) is 7.74. The predicted octanol–water partition coefficient (Wildman–Crippen LogP) is 3.40. The fourth-order valence-electron chi connectivity index (χ4n) is 3.34. The number of amides is 1. The summed E-state index contributed by atoms with van der Waals surface area (Å²) in [5.41, 5.74) is -0.479. The Bertz CT molecular complexity index is 768. The summed E-state index contributed by atoms with van der Waals surface area (Å²) in [6, 6.07) is 4.42. The van der Waals surface area contributed by atoms with Crippen molar-refractivity contribution in [2.45, 2.75) is 44.4 Å². The molecule has 2 atom stereocenters. The number of hydrogen-bond donors (Lipinski definition) is 0. The zero-order valence-electron chi connectivity index (χ0n) is 14.6. The Balaban J connectivity index is 1.91. The van der Waals surface area contributed by atoms with E-state index in [9.17, 15) is 18.4 Å². The molecule has 1 aliphatic heterocycles. The highest BCUT2D eigenvalue weighted by Crippen LogP contribution is 2.54. The molecule has 0 unspecified atom stereocenters. The molecule has 1 spiro atoms. The van der Waals surface area contributed by atoms with Gasteiger partial charge in [-0.1, -0.05) is 12.6 Å². The second kappa shape index (κ2) is 5.64. The zero-order chi connectivity index (χ0) is 18.6. The number of carbonyl (C=O) groups is 2. The molecule has 0 bridgehead atoms. The number of halogens is 2. The fraction of sp³-hybridized carbons (Fsp3) is 0.474. The van der Waals surface area contributed by atoms with E-state index in [1.165, 1.54) is 23.1 Å². The maximum Gasteiger partial charge on any atom is 0.326 e. The average Bonchev–Trinajstić information content (AvgIpc) is 3.12. The molecule has 1 heterocycles. The van der Waals surface area contributed by atoms with Crippen LogP contribution >= 0.6 is 0 Å². The first-order valence-electron chi connectivity index (χ1n) is 8.18. The summed E-state index contributed by atoms with van der Waals surface area (Å²) in [6.45, 7) is 8.32. The van der Waals surface area contributed by atoms with Gasteiger partial charge in [-0.15, -0.1) is 0 Å². The van der Waals surface area contributed by atoms with Gasteiger partial charge >= 0.3 is 5.97 Å². The summed E-state index contributed by atoms with van der Waals surface area (Å²) in [6.07, 6.45) is -0.871. The average molecular weight is 349 g/mol. The minimum absolute atomic E-state index is 0.0848. The van der Waals surface area contributed by atoms with Gasteiger partial charge in [0.25, 0.3) is 5.91 Å². The Morgan fingerprint density at radius 2 is 2.08 bits per heavy atom. The number of carbonyl (C=O) groups excluding carboxylic acids is 2. The van der Waals surface area contributed by atoms with Crippen LogP contribution < -0.4 is 0 Å². The lowest BCUT2D eigenvalue weighted by atomic mass is 9.85. The number of nitrogens with zero attached hydrogens (tertiary/aromatic N) is 1. The van der Waals surface area contributed by atoms with Crippen molar-refractivity contribution in [2.24, 2.45) is 0 Å². The smallest absolute Gasteiger partial charge is 0.326 e. The largest absolute Gasteiger partial charge is 0.459 e. The summed E-state index contributed by atoms with van der Waals surface area (Å²) < 4.78 is 32.9. The molecule has 0 aromatic heterocycles. The fourth-order valence-corrected chi connectivity index (χ4v) is 3.34. The van der Waals surface area contributed by atoms with Crippen molar-refractivity contribution in [3.05, 3.63) is 41.5 Å². The Morgan fingerprint density at radius 3 is 2.60 bits per heavy atom. The lowest BCUT2D eigenvalue weighted by Crippen LogP contribution is -2.47. The van der Waals surface area contributed by atoms with Crippen molar-refractivity contribution in [1.29, 1.82) is 0 Å². The van der Waals surface area contributed by atoms with E-state index < -0.39 is 29.0 Å². The van der Waals surface area contributed by atoms with Gasteiger partial charge in [0.15, 0.2) is 0 Å². The number of alkyl halides is 1. The first-order valence-corrected chi connectivity index (χ1v) is 8.18. The monoisotopic (exact) mass is 349 g/mol. The van der Waals surface area contributed by atoms with Gasteiger partial charge in [-0.3, -0.25) is 9.59 Å². The van der Waals surface area contributed by atoms with Gasteiger partial charge in [-0.2, -0.15) is 0 Å². The minimum Gasteiger partial charge on any atom is -0.459 e. The molecule has 1 aromatic carbocycles. The minimum atomic E-state index is -1.12. The van der Waals surface area contributed by atoms with E-state index in [0.717, 1.165) is 0 Å². The van der Waals surface area contributed by atoms with Crippen molar-refractivity contribution >= 4 is 17.7 Å². The van der Waals surface area contributed by atoms with Crippen molar-refractivity contribution in [3.63, 3.8) is 0 Å². The van der Waals surface area contributed by atoms with Crippen LogP contribution in [-0.2, 0) is 14.9 Å². The van der Waals surface area contributed by atoms with Gasteiger partial charge in [0.2, 0.25) is 0 Å². The number of fused-ring (bicyclic) bond motifs is 2. The van der Waals surface area contributed by atoms with Crippen molar-refractivity contribution in [3.8, 4) is 0 Å². The third-order valence-electron chi connectivity index (χ3n) is 4.58.